The van der Waals surface area contributed by atoms with Gasteiger partial charge < -0.3 is 9.51 Å². The molecule has 166 valence electrons. The van der Waals surface area contributed by atoms with E-state index in [0.717, 1.165) is 16.9 Å². The quantitative estimate of drug-likeness (QED) is 0.281. The first kappa shape index (κ1) is 21.0. The van der Waals surface area contributed by atoms with Crippen LogP contribution in [0.15, 0.2) is 48.2 Å². The maximum Gasteiger partial charge on any atom is 0.301 e. The Hall–Kier alpha value is -3.92. The molecule has 3 aromatic heterocycles. The molecule has 0 radical (unpaired) electrons. The number of aryl methyl sites for hydroxylation is 3. The van der Waals surface area contributed by atoms with Crippen molar-refractivity contribution in [3.05, 3.63) is 81.5 Å². The van der Waals surface area contributed by atoms with Gasteiger partial charge in [-0.3, -0.25) is 14.5 Å². The number of amides is 1. The first-order valence-corrected chi connectivity index (χ1v) is 10.9. The SMILES string of the molecule is Cc1nnc(N2C(=O)C(=O)C(=C(O)c3nc4c(C)cccn4c3C)C2c2ccc(F)cc2)s1. The van der Waals surface area contributed by atoms with Gasteiger partial charge in [0.15, 0.2) is 5.76 Å². The van der Waals surface area contributed by atoms with Crippen LogP contribution >= 0.6 is 11.3 Å². The molecule has 1 aliphatic rings. The predicted molar refractivity (Wildman–Crippen MR) is 120 cm³/mol. The number of ketones is 1. The van der Waals surface area contributed by atoms with Crippen molar-refractivity contribution in [2.24, 2.45) is 0 Å². The Balaban J connectivity index is 1.77. The van der Waals surface area contributed by atoms with Crippen LogP contribution in [0.1, 0.15) is 33.6 Å². The van der Waals surface area contributed by atoms with Crippen LogP contribution in [-0.4, -0.2) is 36.4 Å². The third kappa shape index (κ3) is 3.21. The molecule has 1 aromatic carbocycles. The van der Waals surface area contributed by atoms with Crippen LogP contribution in [0.4, 0.5) is 9.52 Å². The van der Waals surface area contributed by atoms with Gasteiger partial charge in [-0.2, -0.15) is 0 Å². The number of Topliss-reactive ketones (excluding diaryl/α,β-unsaturated/α-hetero) is 1. The van der Waals surface area contributed by atoms with E-state index in [1.54, 1.807) is 13.8 Å². The monoisotopic (exact) mass is 463 g/mol. The first-order chi connectivity index (χ1) is 15.8. The molecule has 1 N–H and O–H groups in total. The number of hydrogen-bond donors (Lipinski definition) is 1. The lowest BCUT2D eigenvalue weighted by Gasteiger charge is -2.22. The van der Waals surface area contributed by atoms with Crippen molar-refractivity contribution in [2.45, 2.75) is 26.8 Å². The third-order valence-electron chi connectivity index (χ3n) is 5.66. The number of anilines is 1. The van der Waals surface area contributed by atoms with E-state index in [1.165, 1.54) is 29.2 Å². The van der Waals surface area contributed by atoms with E-state index in [-0.39, 0.29) is 16.4 Å². The lowest BCUT2D eigenvalue weighted by Crippen LogP contribution is -2.29. The topological polar surface area (TPSA) is 101 Å². The molecule has 0 bridgehead atoms. The van der Waals surface area contributed by atoms with Gasteiger partial charge in [0.05, 0.1) is 17.3 Å². The molecule has 1 unspecified atom stereocenters. The number of imidazole rings is 1. The summed E-state index contributed by atoms with van der Waals surface area (Å²) in [6.07, 6.45) is 1.81. The van der Waals surface area contributed by atoms with Crippen LogP contribution in [0, 0.1) is 26.6 Å². The number of rotatable bonds is 3. The molecule has 5 rings (SSSR count). The van der Waals surface area contributed by atoms with Gasteiger partial charge >= 0.3 is 5.91 Å². The summed E-state index contributed by atoms with van der Waals surface area (Å²) in [5, 5.41) is 20.1. The molecule has 10 heteroatoms. The second-order valence-electron chi connectivity index (χ2n) is 7.75. The van der Waals surface area contributed by atoms with Crippen molar-refractivity contribution in [3.63, 3.8) is 0 Å². The van der Waals surface area contributed by atoms with Crippen LogP contribution in [0.25, 0.3) is 11.4 Å². The average Bonchev–Trinajstić information content (AvgIpc) is 3.44. The van der Waals surface area contributed by atoms with Crippen molar-refractivity contribution < 1.29 is 19.1 Å². The Kier molecular flexibility index (Phi) is 4.82. The molecular formula is C23H18FN5O3S. The maximum atomic E-state index is 13.6. The number of aliphatic hydroxyl groups excluding tert-OH is 1. The van der Waals surface area contributed by atoms with E-state index in [4.69, 9.17) is 0 Å². The molecule has 0 saturated carbocycles. The number of aliphatic hydroxyl groups is 1. The molecule has 1 aliphatic heterocycles. The number of carbonyl (C=O) groups is 2. The van der Waals surface area contributed by atoms with Gasteiger partial charge in [-0.15, -0.1) is 10.2 Å². The van der Waals surface area contributed by atoms with Crippen molar-refractivity contribution in [1.29, 1.82) is 0 Å². The number of pyridine rings is 1. The van der Waals surface area contributed by atoms with Crippen molar-refractivity contribution >= 4 is 39.6 Å². The minimum Gasteiger partial charge on any atom is -0.505 e. The van der Waals surface area contributed by atoms with E-state index in [9.17, 15) is 19.1 Å². The van der Waals surface area contributed by atoms with Gasteiger partial charge in [0.1, 0.15) is 22.2 Å². The fourth-order valence-corrected chi connectivity index (χ4v) is 4.76. The maximum absolute atomic E-state index is 13.6. The van der Waals surface area contributed by atoms with Crippen LogP contribution in [0.2, 0.25) is 0 Å². The second kappa shape index (κ2) is 7.59. The Morgan fingerprint density at radius 3 is 2.45 bits per heavy atom. The summed E-state index contributed by atoms with van der Waals surface area (Å²) in [6.45, 7) is 5.39. The molecule has 1 saturated heterocycles. The van der Waals surface area contributed by atoms with Gasteiger partial charge in [0, 0.05) is 6.20 Å². The highest BCUT2D eigenvalue weighted by Gasteiger charge is 2.48. The highest BCUT2D eigenvalue weighted by molar-refractivity contribution is 7.15. The summed E-state index contributed by atoms with van der Waals surface area (Å²) in [4.78, 5) is 32.0. The number of halogens is 1. The number of fused-ring (bicyclic) bond motifs is 1. The minimum absolute atomic E-state index is 0.136. The molecule has 1 atom stereocenters. The standard InChI is InChI=1S/C23H18FN5O3S/c1-11-5-4-10-28-12(2)17(25-21(11)28)19(30)16-18(14-6-8-15(24)9-7-14)29(22(32)20(16)31)23-27-26-13(3)33-23/h4-10,18,30H,1-3H3. The molecular weight excluding hydrogens is 445 g/mol. The molecule has 33 heavy (non-hydrogen) atoms. The van der Waals surface area contributed by atoms with E-state index >= 15 is 0 Å². The minimum atomic E-state index is -1.01. The van der Waals surface area contributed by atoms with E-state index < -0.39 is 29.3 Å². The largest absolute Gasteiger partial charge is 0.505 e. The summed E-state index contributed by atoms with van der Waals surface area (Å²) in [7, 11) is 0. The first-order valence-electron chi connectivity index (χ1n) is 10.1. The average molecular weight is 463 g/mol. The molecule has 0 aliphatic carbocycles. The lowest BCUT2D eigenvalue weighted by molar-refractivity contribution is -0.132. The van der Waals surface area contributed by atoms with Gasteiger partial charge in [-0.1, -0.05) is 29.5 Å². The van der Waals surface area contributed by atoms with Gasteiger partial charge in [-0.05, 0) is 50.1 Å². The van der Waals surface area contributed by atoms with Gasteiger partial charge in [0.25, 0.3) is 5.78 Å². The summed E-state index contributed by atoms with van der Waals surface area (Å²) < 4.78 is 15.4. The number of hydrogen-bond acceptors (Lipinski definition) is 7. The van der Waals surface area contributed by atoms with E-state index in [1.807, 2.05) is 29.7 Å². The second-order valence-corrected chi connectivity index (χ2v) is 8.92. The summed E-state index contributed by atoms with van der Waals surface area (Å²) >= 11 is 1.14. The zero-order chi connectivity index (χ0) is 23.4. The van der Waals surface area contributed by atoms with Gasteiger partial charge in [0.2, 0.25) is 5.13 Å². The molecule has 0 spiro atoms. The normalized spacial score (nSPS) is 17.9. The van der Waals surface area contributed by atoms with Crippen molar-refractivity contribution in [1.82, 2.24) is 19.6 Å². The third-order valence-corrected chi connectivity index (χ3v) is 6.50. The fourth-order valence-electron chi connectivity index (χ4n) is 4.05. The molecule has 1 fully saturated rings. The zero-order valence-electron chi connectivity index (χ0n) is 17.9. The van der Waals surface area contributed by atoms with Crippen molar-refractivity contribution in [3.8, 4) is 0 Å². The Labute approximate surface area is 191 Å². The molecule has 8 nitrogen and oxygen atoms in total. The fraction of sp³-hybridized carbons (Fsp3) is 0.174. The molecule has 4 aromatic rings. The summed E-state index contributed by atoms with van der Waals surface area (Å²) in [5.74, 6) is -2.58. The Bertz CT molecular complexity index is 1470. The number of aromatic nitrogens is 4. The molecule has 1 amide bonds. The predicted octanol–water partition coefficient (Wildman–Crippen LogP) is 3.88. The zero-order valence-corrected chi connectivity index (χ0v) is 18.7. The Morgan fingerprint density at radius 1 is 1.09 bits per heavy atom. The number of benzene rings is 1. The van der Waals surface area contributed by atoms with Gasteiger partial charge in [-0.25, -0.2) is 9.37 Å². The van der Waals surface area contributed by atoms with Crippen LogP contribution < -0.4 is 4.90 Å². The smallest absolute Gasteiger partial charge is 0.301 e. The van der Waals surface area contributed by atoms with Crippen LogP contribution in [-0.2, 0) is 9.59 Å². The highest BCUT2D eigenvalue weighted by atomic mass is 32.1. The van der Waals surface area contributed by atoms with Crippen molar-refractivity contribution in [2.75, 3.05) is 4.90 Å². The Morgan fingerprint density at radius 2 is 1.82 bits per heavy atom. The van der Waals surface area contributed by atoms with E-state index in [2.05, 4.69) is 15.2 Å². The summed E-state index contributed by atoms with van der Waals surface area (Å²) in [6, 6.07) is 8.15. The number of carbonyl (C=O) groups excluding carboxylic acids is 2. The molecule has 4 heterocycles. The number of nitrogens with zero attached hydrogens (tertiary/aromatic N) is 5. The van der Waals surface area contributed by atoms with Crippen LogP contribution in [0.3, 0.4) is 0 Å². The highest BCUT2D eigenvalue weighted by Crippen LogP contribution is 2.43. The van der Waals surface area contributed by atoms with Crippen LogP contribution in [0.5, 0.6) is 0 Å². The summed E-state index contributed by atoms with van der Waals surface area (Å²) in [5.41, 5.74) is 2.64. The van der Waals surface area contributed by atoms with E-state index in [0.29, 0.717) is 21.9 Å². The lowest BCUT2D eigenvalue weighted by atomic mass is 9.96.